The summed E-state index contributed by atoms with van der Waals surface area (Å²) in [5.41, 5.74) is 6.58. The Hall–Kier alpha value is -0.880. The van der Waals surface area contributed by atoms with Crippen molar-refractivity contribution in [2.45, 2.75) is 58.0 Å². The second-order valence-electron chi connectivity index (χ2n) is 6.10. The maximum atomic E-state index is 12.3. The standard InChI is InChI=1S/C15H25BrN4O/c1-10(2)20-15(21)14(16)13(9-18-20)19-12(8-17)11-6-4-3-5-7-11/h9-12,19H,3-8,17H2,1-2H3. The van der Waals surface area contributed by atoms with E-state index in [0.717, 1.165) is 5.69 Å². The molecule has 0 amide bonds. The van der Waals surface area contributed by atoms with Crippen LogP contribution < -0.4 is 16.6 Å². The summed E-state index contributed by atoms with van der Waals surface area (Å²) in [6, 6.07) is 0.254. The van der Waals surface area contributed by atoms with Crippen molar-refractivity contribution in [3.8, 4) is 0 Å². The van der Waals surface area contributed by atoms with E-state index >= 15 is 0 Å². The predicted octanol–water partition coefficient (Wildman–Crippen LogP) is 2.91. The molecule has 1 atom stereocenters. The van der Waals surface area contributed by atoms with Gasteiger partial charge in [0.25, 0.3) is 5.56 Å². The maximum absolute atomic E-state index is 12.3. The van der Waals surface area contributed by atoms with Crippen molar-refractivity contribution in [2.24, 2.45) is 11.7 Å². The predicted molar refractivity (Wildman–Crippen MR) is 89.6 cm³/mol. The summed E-state index contributed by atoms with van der Waals surface area (Å²) >= 11 is 3.40. The third-order valence-electron chi connectivity index (χ3n) is 4.25. The summed E-state index contributed by atoms with van der Waals surface area (Å²) in [6.45, 7) is 4.46. The first-order chi connectivity index (χ1) is 10.0. The van der Waals surface area contributed by atoms with Crippen LogP contribution in [0.5, 0.6) is 0 Å². The van der Waals surface area contributed by atoms with Gasteiger partial charge in [-0.25, -0.2) is 4.68 Å². The molecule has 3 N–H and O–H groups in total. The van der Waals surface area contributed by atoms with Crippen LogP contribution in [-0.2, 0) is 0 Å². The first-order valence-corrected chi connectivity index (χ1v) is 8.57. The lowest BCUT2D eigenvalue weighted by atomic mass is 9.84. The quantitative estimate of drug-likeness (QED) is 0.850. The topological polar surface area (TPSA) is 72.9 Å². The molecule has 1 unspecified atom stereocenters. The van der Waals surface area contributed by atoms with Crippen LogP contribution in [0.1, 0.15) is 52.0 Å². The van der Waals surface area contributed by atoms with Crippen molar-refractivity contribution in [3.05, 3.63) is 21.0 Å². The molecular weight excluding hydrogens is 332 g/mol. The summed E-state index contributed by atoms with van der Waals surface area (Å²) < 4.78 is 2.02. The molecule has 5 nitrogen and oxygen atoms in total. The molecule has 0 aliphatic heterocycles. The highest BCUT2D eigenvalue weighted by Crippen LogP contribution is 2.29. The molecular formula is C15H25BrN4O. The third-order valence-corrected chi connectivity index (χ3v) is 5.01. The lowest BCUT2D eigenvalue weighted by Gasteiger charge is -2.31. The number of hydrogen-bond donors (Lipinski definition) is 2. The zero-order valence-corrected chi connectivity index (χ0v) is 14.4. The molecule has 1 aliphatic carbocycles. The van der Waals surface area contributed by atoms with Gasteiger partial charge in [0, 0.05) is 12.6 Å². The highest BCUT2D eigenvalue weighted by molar-refractivity contribution is 9.10. The first-order valence-electron chi connectivity index (χ1n) is 7.78. The van der Waals surface area contributed by atoms with Crippen LogP contribution in [-0.4, -0.2) is 22.4 Å². The summed E-state index contributed by atoms with van der Waals surface area (Å²) in [7, 11) is 0. The van der Waals surface area contributed by atoms with Crippen LogP contribution in [0.3, 0.4) is 0 Å². The second kappa shape index (κ2) is 7.40. The zero-order chi connectivity index (χ0) is 15.4. The van der Waals surface area contributed by atoms with Gasteiger partial charge in [-0.3, -0.25) is 4.79 Å². The largest absolute Gasteiger partial charge is 0.378 e. The van der Waals surface area contributed by atoms with Gasteiger partial charge in [-0.2, -0.15) is 5.10 Å². The van der Waals surface area contributed by atoms with Gasteiger partial charge >= 0.3 is 0 Å². The molecule has 0 bridgehead atoms. The molecule has 1 heterocycles. The minimum Gasteiger partial charge on any atom is -0.378 e. The Morgan fingerprint density at radius 2 is 2.10 bits per heavy atom. The van der Waals surface area contributed by atoms with Gasteiger partial charge in [0.2, 0.25) is 0 Å². The number of halogens is 1. The zero-order valence-electron chi connectivity index (χ0n) is 12.8. The Morgan fingerprint density at radius 1 is 1.43 bits per heavy atom. The molecule has 1 aliphatic rings. The average Bonchev–Trinajstić information content (AvgIpc) is 2.49. The third kappa shape index (κ3) is 3.86. The number of nitrogens with two attached hydrogens (primary N) is 1. The Balaban J connectivity index is 2.17. The first kappa shape index (κ1) is 16.5. The molecule has 118 valence electrons. The Morgan fingerprint density at radius 3 is 2.67 bits per heavy atom. The van der Waals surface area contributed by atoms with E-state index in [4.69, 9.17) is 5.73 Å². The Bertz CT molecular complexity index is 523. The fraction of sp³-hybridized carbons (Fsp3) is 0.733. The van der Waals surface area contributed by atoms with Crippen molar-refractivity contribution in [1.29, 1.82) is 0 Å². The number of hydrogen-bond acceptors (Lipinski definition) is 4. The summed E-state index contributed by atoms with van der Waals surface area (Å²) in [5.74, 6) is 0.586. The molecule has 1 fully saturated rings. The van der Waals surface area contributed by atoms with Gasteiger partial charge in [0.1, 0.15) is 4.47 Å². The Labute approximate surface area is 134 Å². The van der Waals surface area contributed by atoms with Crippen LogP contribution in [0.2, 0.25) is 0 Å². The SMILES string of the molecule is CC(C)n1ncc(NC(CN)C2CCCCC2)c(Br)c1=O. The van der Waals surface area contributed by atoms with Gasteiger partial charge in [-0.1, -0.05) is 19.3 Å². The van der Waals surface area contributed by atoms with E-state index < -0.39 is 0 Å². The van der Waals surface area contributed by atoms with Crippen LogP contribution >= 0.6 is 15.9 Å². The molecule has 1 aromatic heterocycles. The van der Waals surface area contributed by atoms with E-state index in [0.29, 0.717) is 16.9 Å². The van der Waals surface area contributed by atoms with Gasteiger partial charge in [0.15, 0.2) is 0 Å². The van der Waals surface area contributed by atoms with Crippen molar-refractivity contribution in [3.63, 3.8) is 0 Å². The van der Waals surface area contributed by atoms with Crippen LogP contribution in [0.4, 0.5) is 5.69 Å². The Kier molecular flexibility index (Phi) is 5.81. The highest BCUT2D eigenvalue weighted by Gasteiger charge is 2.23. The van der Waals surface area contributed by atoms with E-state index in [-0.39, 0.29) is 17.6 Å². The monoisotopic (exact) mass is 356 g/mol. The van der Waals surface area contributed by atoms with E-state index in [2.05, 4.69) is 26.3 Å². The van der Waals surface area contributed by atoms with E-state index in [1.165, 1.54) is 36.8 Å². The highest BCUT2D eigenvalue weighted by atomic mass is 79.9. The number of nitrogens with one attached hydrogen (secondary N) is 1. The molecule has 21 heavy (non-hydrogen) atoms. The van der Waals surface area contributed by atoms with Gasteiger partial charge < -0.3 is 11.1 Å². The van der Waals surface area contributed by atoms with Crippen molar-refractivity contribution >= 4 is 21.6 Å². The second-order valence-corrected chi connectivity index (χ2v) is 6.89. The number of anilines is 1. The van der Waals surface area contributed by atoms with E-state index in [1.807, 2.05) is 13.8 Å². The molecule has 2 rings (SSSR count). The van der Waals surface area contributed by atoms with Gasteiger partial charge in [-0.05, 0) is 48.5 Å². The molecule has 0 saturated heterocycles. The van der Waals surface area contributed by atoms with Gasteiger partial charge in [-0.15, -0.1) is 0 Å². The summed E-state index contributed by atoms with van der Waals surface area (Å²) in [6.07, 6.45) is 8.01. The normalized spacial score (nSPS) is 18.0. The van der Waals surface area contributed by atoms with E-state index in [9.17, 15) is 4.79 Å². The molecule has 0 radical (unpaired) electrons. The van der Waals surface area contributed by atoms with Crippen molar-refractivity contribution < 1.29 is 0 Å². The fourth-order valence-electron chi connectivity index (χ4n) is 3.02. The average molecular weight is 357 g/mol. The smallest absolute Gasteiger partial charge is 0.283 e. The van der Waals surface area contributed by atoms with Crippen molar-refractivity contribution in [1.82, 2.24) is 9.78 Å². The summed E-state index contributed by atoms with van der Waals surface area (Å²) in [5, 5.41) is 7.67. The van der Waals surface area contributed by atoms with Gasteiger partial charge in [0.05, 0.1) is 17.9 Å². The molecule has 0 aromatic carbocycles. The van der Waals surface area contributed by atoms with Crippen LogP contribution in [0.25, 0.3) is 0 Å². The lowest BCUT2D eigenvalue weighted by Crippen LogP contribution is -2.38. The number of rotatable bonds is 5. The molecule has 1 aromatic rings. The number of nitrogens with zero attached hydrogens (tertiary/aromatic N) is 2. The molecule has 0 spiro atoms. The van der Waals surface area contributed by atoms with Crippen LogP contribution in [0.15, 0.2) is 15.5 Å². The minimum absolute atomic E-state index is 0.0477. The minimum atomic E-state index is -0.102. The van der Waals surface area contributed by atoms with E-state index in [1.54, 1.807) is 6.20 Å². The fourth-order valence-corrected chi connectivity index (χ4v) is 3.42. The van der Waals surface area contributed by atoms with Crippen molar-refractivity contribution in [2.75, 3.05) is 11.9 Å². The molecule has 1 saturated carbocycles. The number of aromatic nitrogens is 2. The lowest BCUT2D eigenvalue weighted by molar-refractivity contribution is 0.320. The summed E-state index contributed by atoms with van der Waals surface area (Å²) in [4.78, 5) is 12.3. The molecule has 6 heteroatoms. The van der Waals surface area contributed by atoms with Crippen LogP contribution in [0, 0.1) is 5.92 Å². The maximum Gasteiger partial charge on any atom is 0.283 e.